The molecule has 0 saturated carbocycles. The van der Waals surface area contributed by atoms with E-state index in [9.17, 15) is 9.59 Å². The van der Waals surface area contributed by atoms with E-state index in [-0.39, 0.29) is 16.9 Å². The number of carbonyl (C=O) groups is 1. The Labute approximate surface area is 77.0 Å². The van der Waals surface area contributed by atoms with Crippen molar-refractivity contribution < 1.29 is 4.79 Å². The SMILES string of the molecule is CCCn1cccc(C(C)=O)c1=O. The van der Waals surface area contributed by atoms with Gasteiger partial charge in [-0.3, -0.25) is 9.59 Å². The van der Waals surface area contributed by atoms with Crippen molar-refractivity contribution in [3.8, 4) is 0 Å². The predicted octanol–water partition coefficient (Wildman–Crippen LogP) is 1.46. The van der Waals surface area contributed by atoms with E-state index < -0.39 is 0 Å². The third kappa shape index (κ3) is 2.05. The average Bonchev–Trinajstić information content (AvgIpc) is 2.08. The molecule has 0 radical (unpaired) electrons. The fourth-order valence-corrected chi connectivity index (χ4v) is 1.22. The third-order valence-corrected chi connectivity index (χ3v) is 1.86. The van der Waals surface area contributed by atoms with Gasteiger partial charge in [0.15, 0.2) is 5.78 Å². The Hall–Kier alpha value is -1.38. The third-order valence-electron chi connectivity index (χ3n) is 1.86. The maximum atomic E-state index is 11.5. The zero-order valence-electron chi connectivity index (χ0n) is 7.91. The summed E-state index contributed by atoms with van der Waals surface area (Å²) in [7, 11) is 0. The molecule has 0 saturated heterocycles. The van der Waals surface area contributed by atoms with Crippen LogP contribution in [0.25, 0.3) is 0 Å². The van der Waals surface area contributed by atoms with Crippen LogP contribution in [0.1, 0.15) is 30.6 Å². The van der Waals surface area contributed by atoms with Crippen molar-refractivity contribution in [2.45, 2.75) is 26.8 Å². The number of Topliss-reactive ketones (excluding diaryl/α,β-unsaturated/α-hetero) is 1. The van der Waals surface area contributed by atoms with Gasteiger partial charge in [0.25, 0.3) is 5.56 Å². The Bertz CT molecular complexity index is 365. The highest BCUT2D eigenvalue weighted by molar-refractivity contribution is 5.93. The summed E-state index contributed by atoms with van der Waals surface area (Å²) in [6.07, 6.45) is 2.60. The molecule has 1 aromatic heterocycles. The van der Waals surface area contributed by atoms with Crippen LogP contribution in [-0.2, 0) is 6.54 Å². The number of ketones is 1. The molecule has 0 fully saturated rings. The fourth-order valence-electron chi connectivity index (χ4n) is 1.22. The summed E-state index contributed by atoms with van der Waals surface area (Å²) in [5.74, 6) is -0.171. The van der Waals surface area contributed by atoms with E-state index in [0.29, 0.717) is 6.54 Å². The van der Waals surface area contributed by atoms with E-state index in [0.717, 1.165) is 6.42 Å². The van der Waals surface area contributed by atoms with Gasteiger partial charge in [-0.15, -0.1) is 0 Å². The molecule has 0 aliphatic rings. The Morgan fingerprint density at radius 3 is 2.77 bits per heavy atom. The van der Waals surface area contributed by atoms with Crippen molar-refractivity contribution in [2.24, 2.45) is 0 Å². The number of hydrogen-bond acceptors (Lipinski definition) is 2. The second kappa shape index (κ2) is 4.03. The van der Waals surface area contributed by atoms with Crippen LogP contribution in [0.5, 0.6) is 0 Å². The molecule has 0 bridgehead atoms. The minimum Gasteiger partial charge on any atom is -0.315 e. The maximum absolute atomic E-state index is 11.5. The minimum absolute atomic E-state index is 0.171. The van der Waals surface area contributed by atoms with E-state index in [1.54, 1.807) is 22.9 Å². The van der Waals surface area contributed by atoms with Crippen molar-refractivity contribution in [3.63, 3.8) is 0 Å². The van der Waals surface area contributed by atoms with Crippen LogP contribution in [0.3, 0.4) is 0 Å². The molecule has 0 spiro atoms. The predicted molar refractivity (Wildman–Crippen MR) is 51.0 cm³/mol. The van der Waals surface area contributed by atoms with Crippen LogP contribution in [0.15, 0.2) is 23.1 Å². The van der Waals surface area contributed by atoms with Crippen LogP contribution in [0, 0.1) is 0 Å². The Morgan fingerprint density at radius 1 is 1.54 bits per heavy atom. The van der Waals surface area contributed by atoms with Gasteiger partial charge < -0.3 is 4.57 Å². The zero-order valence-corrected chi connectivity index (χ0v) is 7.91. The summed E-state index contributed by atoms with van der Waals surface area (Å²) >= 11 is 0. The van der Waals surface area contributed by atoms with Crippen molar-refractivity contribution in [1.82, 2.24) is 4.57 Å². The summed E-state index contributed by atoms with van der Waals surface area (Å²) in [5, 5.41) is 0. The van der Waals surface area contributed by atoms with E-state index in [2.05, 4.69) is 0 Å². The molecule has 1 aromatic rings. The molecule has 1 rings (SSSR count). The van der Waals surface area contributed by atoms with E-state index in [4.69, 9.17) is 0 Å². The number of nitrogens with zero attached hydrogens (tertiary/aromatic N) is 1. The first kappa shape index (κ1) is 9.71. The standard InChI is InChI=1S/C10H13NO2/c1-3-6-11-7-4-5-9(8(2)12)10(11)13/h4-5,7H,3,6H2,1-2H3. The molecule has 3 nitrogen and oxygen atoms in total. The molecule has 13 heavy (non-hydrogen) atoms. The quantitative estimate of drug-likeness (QED) is 0.659. The van der Waals surface area contributed by atoms with Gasteiger partial charge in [0.1, 0.15) is 0 Å². The first-order chi connectivity index (χ1) is 6.16. The average molecular weight is 179 g/mol. The first-order valence-electron chi connectivity index (χ1n) is 4.37. The molecule has 0 aromatic carbocycles. The second-order valence-electron chi connectivity index (χ2n) is 2.98. The Kier molecular flexibility index (Phi) is 3.01. The normalized spacial score (nSPS) is 10.0. The molecule has 3 heteroatoms. The second-order valence-corrected chi connectivity index (χ2v) is 2.98. The number of hydrogen-bond donors (Lipinski definition) is 0. The molecule has 0 atom stereocenters. The van der Waals surface area contributed by atoms with Crippen LogP contribution < -0.4 is 5.56 Å². The number of rotatable bonds is 3. The number of aromatic nitrogens is 1. The Morgan fingerprint density at radius 2 is 2.23 bits per heavy atom. The smallest absolute Gasteiger partial charge is 0.261 e. The lowest BCUT2D eigenvalue weighted by molar-refractivity contribution is 0.101. The van der Waals surface area contributed by atoms with Gasteiger partial charge in [0.2, 0.25) is 0 Å². The molecule has 0 unspecified atom stereocenters. The highest BCUT2D eigenvalue weighted by atomic mass is 16.1. The zero-order chi connectivity index (χ0) is 9.84. The van der Waals surface area contributed by atoms with Crippen LogP contribution in [-0.4, -0.2) is 10.4 Å². The van der Waals surface area contributed by atoms with Crippen LogP contribution in [0.2, 0.25) is 0 Å². The molecule has 70 valence electrons. The van der Waals surface area contributed by atoms with Gasteiger partial charge >= 0.3 is 0 Å². The van der Waals surface area contributed by atoms with Crippen molar-refractivity contribution in [2.75, 3.05) is 0 Å². The summed E-state index contributed by atoms with van der Waals surface area (Å²) in [6.45, 7) is 4.07. The van der Waals surface area contributed by atoms with Gasteiger partial charge in [0, 0.05) is 12.7 Å². The highest BCUT2D eigenvalue weighted by Crippen LogP contribution is 1.94. The van der Waals surface area contributed by atoms with Gasteiger partial charge in [0.05, 0.1) is 5.56 Å². The van der Waals surface area contributed by atoms with E-state index in [1.165, 1.54) is 6.92 Å². The molecule has 0 N–H and O–H groups in total. The van der Waals surface area contributed by atoms with Gasteiger partial charge in [-0.05, 0) is 25.5 Å². The lowest BCUT2D eigenvalue weighted by Gasteiger charge is -2.03. The maximum Gasteiger partial charge on any atom is 0.261 e. The summed E-state index contributed by atoms with van der Waals surface area (Å²) in [5.41, 5.74) is 0.0906. The minimum atomic E-state index is -0.183. The lowest BCUT2D eigenvalue weighted by atomic mass is 10.2. The van der Waals surface area contributed by atoms with Crippen LogP contribution >= 0.6 is 0 Å². The summed E-state index contributed by atoms with van der Waals surface area (Å²) < 4.78 is 1.57. The van der Waals surface area contributed by atoms with Crippen molar-refractivity contribution in [1.29, 1.82) is 0 Å². The van der Waals surface area contributed by atoms with Gasteiger partial charge in [-0.1, -0.05) is 6.92 Å². The molecule has 0 aliphatic carbocycles. The number of aryl methyl sites for hydroxylation is 1. The van der Waals surface area contributed by atoms with Gasteiger partial charge in [-0.2, -0.15) is 0 Å². The molecule has 0 aliphatic heterocycles. The van der Waals surface area contributed by atoms with Crippen LogP contribution in [0.4, 0.5) is 0 Å². The van der Waals surface area contributed by atoms with Gasteiger partial charge in [-0.25, -0.2) is 0 Å². The molecular weight excluding hydrogens is 166 g/mol. The van der Waals surface area contributed by atoms with Crippen molar-refractivity contribution >= 4 is 5.78 Å². The fraction of sp³-hybridized carbons (Fsp3) is 0.400. The largest absolute Gasteiger partial charge is 0.315 e. The number of carbonyl (C=O) groups excluding carboxylic acids is 1. The molecule has 1 heterocycles. The first-order valence-corrected chi connectivity index (χ1v) is 4.37. The summed E-state index contributed by atoms with van der Waals surface area (Å²) in [6, 6.07) is 3.30. The monoisotopic (exact) mass is 179 g/mol. The summed E-state index contributed by atoms with van der Waals surface area (Å²) in [4.78, 5) is 22.6. The lowest BCUT2D eigenvalue weighted by Crippen LogP contribution is -2.24. The highest BCUT2D eigenvalue weighted by Gasteiger charge is 2.05. The molecular formula is C10H13NO2. The van der Waals surface area contributed by atoms with E-state index in [1.807, 2.05) is 6.92 Å². The number of pyridine rings is 1. The topological polar surface area (TPSA) is 39.1 Å². The molecule has 0 amide bonds. The van der Waals surface area contributed by atoms with E-state index >= 15 is 0 Å². The van der Waals surface area contributed by atoms with Crippen molar-refractivity contribution in [3.05, 3.63) is 34.2 Å². The Balaban J connectivity index is 3.19.